The van der Waals surface area contributed by atoms with E-state index in [9.17, 15) is 21.6 Å². The van der Waals surface area contributed by atoms with E-state index < -0.39 is 22.6 Å². The SMILES string of the molecule is CCS(=O)(=O)c1ccc(OCC(F)(F)F)c(Nc2ncnc3cc(OC)c(I)cc23)c1. The topological polar surface area (TPSA) is 90.4 Å². The molecule has 0 aliphatic heterocycles. The Kier molecular flexibility index (Phi) is 6.79. The molecule has 166 valence electrons. The fourth-order valence-electron chi connectivity index (χ4n) is 2.69. The van der Waals surface area contributed by atoms with Gasteiger partial charge >= 0.3 is 6.18 Å². The van der Waals surface area contributed by atoms with Crippen LogP contribution in [-0.4, -0.2) is 44.0 Å². The Morgan fingerprint density at radius 1 is 1.13 bits per heavy atom. The normalized spacial score (nSPS) is 12.1. The van der Waals surface area contributed by atoms with Crippen LogP contribution >= 0.6 is 22.6 Å². The third-order valence-electron chi connectivity index (χ3n) is 4.24. The predicted molar refractivity (Wildman–Crippen MR) is 118 cm³/mol. The Hall–Kier alpha value is -2.35. The summed E-state index contributed by atoms with van der Waals surface area (Å²) in [7, 11) is -2.08. The van der Waals surface area contributed by atoms with E-state index in [0.717, 1.165) is 3.57 Å². The van der Waals surface area contributed by atoms with Crippen molar-refractivity contribution in [1.82, 2.24) is 9.97 Å². The average Bonchev–Trinajstić information content (AvgIpc) is 2.72. The Labute approximate surface area is 190 Å². The van der Waals surface area contributed by atoms with Gasteiger partial charge < -0.3 is 14.8 Å². The van der Waals surface area contributed by atoms with E-state index in [2.05, 4.69) is 37.9 Å². The van der Waals surface area contributed by atoms with Crippen molar-refractivity contribution < 1.29 is 31.1 Å². The highest BCUT2D eigenvalue weighted by atomic mass is 127. The van der Waals surface area contributed by atoms with Gasteiger partial charge in [0.15, 0.2) is 16.4 Å². The van der Waals surface area contributed by atoms with Crippen molar-refractivity contribution in [2.24, 2.45) is 0 Å². The van der Waals surface area contributed by atoms with Crippen LogP contribution in [0.1, 0.15) is 6.92 Å². The Morgan fingerprint density at radius 3 is 2.52 bits per heavy atom. The molecule has 0 spiro atoms. The number of alkyl halides is 3. The number of rotatable bonds is 7. The number of nitrogens with one attached hydrogen (secondary N) is 1. The summed E-state index contributed by atoms with van der Waals surface area (Å²) < 4.78 is 73.5. The molecule has 0 saturated carbocycles. The summed E-state index contributed by atoms with van der Waals surface area (Å²) in [5.74, 6) is 0.544. The first-order valence-electron chi connectivity index (χ1n) is 8.85. The molecule has 0 bridgehead atoms. The molecule has 0 aliphatic carbocycles. The number of hydrogen-bond acceptors (Lipinski definition) is 7. The highest BCUT2D eigenvalue weighted by Crippen LogP contribution is 2.35. The number of aromatic nitrogens is 2. The lowest BCUT2D eigenvalue weighted by atomic mass is 10.2. The maximum Gasteiger partial charge on any atom is 0.422 e. The minimum Gasteiger partial charge on any atom is -0.496 e. The molecule has 0 atom stereocenters. The van der Waals surface area contributed by atoms with Crippen LogP contribution in [-0.2, 0) is 9.84 Å². The van der Waals surface area contributed by atoms with Gasteiger partial charge in [0, 0.05) is 11.5 Å². The van der Waals surface area contributed by atoms with Crippen molar-refractivity contribution in [3.8, 4) is 11.5 Å². The van der Waals surface area contributed by atoms with E-state index in [1.807, 2.05) is 0 Å². The first-order chi connectivity index (χ1) is 14.5. The molecule has 1 N–H and O–H groups in total. The van der Waals surface area contributed by atoms with E-state index >= 15 is 0 Å². The first kappa shape index (κ1) is 23.3. The number of benzene rings is 2. The van der Waals surface area contributed by atoms with Gasteiger partial charge in [0.1, 0.15) is 23.6 Å². The number of halogens is 4. The van der Waals surface area contributed by atoms with Crippen molar-refractivity contribution in [2.45, 2.75) is 18.0 Å². The monoisotopic (exact) mass is 567 g/mol. The molecule has 7 nitrogen and oxygen atoms in total. The standard InChI is InChI=1S/C19H17F3IN3O4S/c1-3-31(27,28)11-4-5-16(30-9-19(20,21)22)15(6-11)26-18-12-7-13(23)17(29-2)8-14(12)24-10-25-18/h4-8,10H,3,9H2,1-2H3,(H,24,25,26). The summed E-state index contributed by atoms with van der Waals surface area (Å²) in [6.45, 7) is -0.0507. The average molecular weight is 567 g/mol. The molecule has 0 radical (unpaired) electrons. The molecule has 0 unspecified atom stereocenters. The van der Waals surface area contributed by atoms with E-state index in [4.69, 9.17) is 9.47 Å². The summed E-state index contributed by atoms with van der Waals surface area (Å²) in [5, 5.41) is 3.47. The van der Waals surface area contributed by atoms with Crippen LogP contribution in [0, 0.1) is 3.57 Å². The molecule has 1 heterocycles. The zero-order chi connectivity index (χ0) is 22.8. The van der Waals surface area contributed by atoms with Gasteiger partial charge in [0.25, 0.3) is 0 Å². The fraction of sp³-hybridized carbons (Fsp3) is 0.263. The Bertz CT molecular complexity index is 1220. The van der Waals surface area contributed by atoms with Crippen LogP contribution in [0.3, 0.4) is 0 Å². The van der Waals surface area contributed by atoms with Crippen LogP contribution in [0.25, 0.3) is 10.9 Å². The van der Waals surface area contributed by atoms with Crippen molar-refractivity contribution in [3.05, 3.63) is 40.2 Å². The zero-order valence-corrected chi connectivity index (χ0v) is 19.3. The molecular formula is C19H17F3IN3O4S. The minimum absolute atomic E-state index is 0.0320. The maximum atomic E-state index is 12.7. The number of hydrogen-bond donors (Lipinski definition) is 1. The number of methoxy groups -OCH3 is 1. The highest BCUT2D eigenvalue weighted by molar-refractivity contribution is 14.1. The molecule has 0 fully saturated rings. The smallest absolute Gasteiger partial charge is 0.422 e. The van der Waals surface area contributed by atoms with Crippen molar-refractivity contribution in [2.75, 3.05) is 24.8 Å². The lowest BCUT2D eigenvalue weighted by Gasteiger charge is -2.16. The predicted octanol–water partition coefficient (Wildman–Crippen LogP) is 4.72. The van der Waals surface area contributed by atoms with Crippen molar-refractivity contribution >= 4 is 54.8 Å². The lowest BCUT2D eigenvalue weighted by Crippen LogP contribution is -2.19. The van der Waals surface area contributed by atoms with Gasteiger partial charge in [0.2, 0.25) is 0 Å². The van der Waals surface area contributed by atoms with Crippen LogP contribution in [0.15, 0.2) is 41.6 Å². The van der Waals surface area contributed by atoms with Crippen LogP contribution in [0.5, 0.6) is 11.5 Å². The maximum absolute atomic E-state index is 12.7. The largest absolute Gasteiger partial charge is 0.496 e. The molecular weight excluding hydrogens is 550 g/mol. The zero-order valence-electron chi connectivity index (χ0n) is 16.3. The van der Waals surface area contributed by atoms with Crippen LogP contribution < -0.4 is 14.8 Å². The third kappa shape index (κ3) is 5.47. The quantitative estimate of drug-likeness (QED) is 0.414. The van der Waals surface area contributed by atoms with Gasteiger partial charge in [0.05, 0.1) is 32.5 Å². The number of sulfone groups is 1. The molecule has 3 aromatic rings. The molecule has 3 rings (SSSR count). The summed E-state index contributed by atoms with van der Waals surface area (Å²) in [5.41, 5.74) is 0.564. The number of nitrogens with zero attached hydrogens (tertiary/aromatic N) is 2. The van der Waals surface area contributed by atoms with Gasteiger partial charge in [-0.3, -0.25) is 0 Å². The fourth-order valence-corrected chi connectivity index (χ4v) is 4.29. The Morgan fingerprint density at radius 2 is 1.87 bits per heavy atom. The van der Waals surface area contributed by atoms with E-state index in [1.54, 1.807) is 12.1 Å². The highest BCUT2D eigenvalue weighted by Gasteiger charge is 2.29. The van der Waals surface area contributed by atoms with E-state index in [0.29, 0.717) is 16.7 Å². The Balaban J connectivity index is 2.10. The van der Waals surface area contributed by atoms with Crippen molar-refractivity contribution in [3.63, 3.8) is 0 Å². The van der Waals surface area contributed by atoms with Crippen LogP contribution in [0.2, 0.25) is 0 Å². The first-order valence-corrected chi connectivity index (χ1v) is 11.6. The summed E-state index contributed by atoms with van der Waals surface area (Å²) in [4.78, 5) is 8.30. The number of fused-ring (bicyclic) bond motifs is 1. The van der Waals surface area contributed by atoms with Gasteiger partial charge in [-0.2, -0.15) is 13.2 Å². The van der Waals surface area contributed by atoms with Gasteiger partial charge in [-0.25, -0.2) is 18.4 Å². The van der Waals surface area contributed by atoms with Crippen LogP contribution in [0.4, 0.5) is 24.7 Å². The minimum atomic E-state index is -4.56. The lowest BCUT2D eigenvalue weighted by molar-refractivity contribution is -0.153. The van der Waals surface area contributed by atoms with E-state index in [1.165, 1.54) is 38.6 Å². The molecule has 0 amide bonds. The second-order valence-electron chi connectivity index (χ2n) is 6.32. The molecule has 0 saturated heterocycles. The second kappa shape index (κ2) is 9.02. The van der Waals surface area contributed by atoms with Gasteiger partial charge in [-0.05, 0) is 46.9 Å². The van der Waals surface area contributed by atoms with Gasteiger partial charge in [-0.15, -0.1) is 0 Å². The summed E-state index contributed by atoms with van der Waals surface area (Å²) in [6.07, 6.45) is -3.28. The molecule has 2 aromatic carbocycles. The van der Waals surface area contributed by atoms with Crippen molar-refractivity contribution in [1.29, 1.82) is 0 Å². The molecule has 12 heteroatoms. The number of ether oxygens (including phenoxy) is 2. The number of anilines is 2. The molecule has 31 heavy (non-hydrogen) atoms. The summed E-state index contributed by atoms with van der Waals surface area (Å²) in [6, 6.07) is 7.07. The second-order valence-corrected chi connectivity index (χ2v) is 9.76. The molecule has 0 aliphatic rings. The van der Waals surface area contributed by atoms with E-state index in [-0.39, 0.29) is 27.9 Å². The van der Waals surface area contributed by atoms with Gasteiger partial charge in [-0.1, -0.05) is 6.92 Å². The third-order valence-corrected chi connectivity index (χ3v) is 6.82. The summed E-state index contributed by atoms with van der Waals surface area (Å²) >= 11 is 2.07. The molecule has 1 aromatic heterocycles.